The molecule has 5 heteroatoms. The van der Waals surface area contributed by atoms with Gasteiger partial charge in [-0.2, -0.15) is 0 Å². The van der Waals surface area contributed by atoms with Gasteiger partial charge in [0.15, 0.2) is 9.84 Å². The lowest BCUT2D eigenvalue weighted by Gasteiger charge is -2.38. The van der Waals surface area contributed by atoms with Gasteiger partial charge in [-0.15, -0.1) is 0 Å². The van der Waals surface area contributed by atoms with E-state index in [2.05, 4.69) is 17.1 Å². The molecule has 2 heterocycles. The van der Waals surface area contributed by atoms with Gasteiger partial charge in [-0.05, 0) is 26.2 Å². The minimum absolute atomic E-state index is 0.198. The zero-order valence-electron chi connectivity index (χ0n) is 9.28. The summed E-state index contributed by atoms with van der Waals surface area (Å²) in [6.07, 6.45) is 2.73. The van der Waals surface area contributed by atoms with Crippen LogP contribution < -0.4 is 5.32 Å². The summed E-state index contributed by atoms with van der Waals surface area (Å²) in [5.74, 6) is 0.385. The van der Waals surface area contributed by atoms with Crippen LogP contribution in [0.15, 0.2) is 0 Å². The van der Waals surface area contributed by atoms with Crippen LogP contribution in [-0.2, 0) is 9.84 Å². The second kappa shape index (κ2) is 4.39. The van der Waals surface area contributed by atoms with Crippen molar-refractivity contribution in [3.8, 4) is 0 Å². The summed E-state index contributed by atoms with van der Waals surface area (Å²) in [5.41, 5.74) is 0. The molecule has 4 nitrogen and oxygen atoms in total. The second-order valence-electron chi connectivity index (χ2n) is 4.67. The second-order valence-corrected chi connectivity index (χ2v) is 6.95. The molecule has 1 N–H and O–H groups in total. The third kappa shape index (κ3) is 2.52. The molecular weight excluding hydrogens is 212 g/mol. The van der Waals surface area contributed by atoms with Gasteiger partial charge in [0.2, 0.25) is 0 Å². The third-order valence-electron chi connectivity index (χ3n) is 3.35. The van der Waals surface area contributed by atoms with Crippen molar-refractivity contribution >= 4 is 9.84 Å². The third-order valence-corrected chi connectivity index (χ3v) is 5.57. The van der Waals surface area contributed by atoms with Crippen molar-refractivity contribution in [2.45, 2.75) is 37.6 Å². The molecule has 0 aromatic heterocycles. The minimum atomic E-state index is -2.85. The number of nitrogens with one attached hydrogen (secondary N) is 1. The van der Waals surface area contributed by atoms with Crippen LogP contribution >= 0.6 is 0 Å². The van der Waals surface area contributed by atoms with Crippen LogP contribution in [0.4, 0.5) is 0 Å². The zero-order chi connectivity index (χ0) is 10.9. The molecule has 88 valence electrons. The van der Waals surface area contributed by atoms with E-state index in [0.717, 1.165) is 38.9 Å². The fraction of sp³-hybridized carbons (Fsp3) is 1.00. The Bertz CT molecular complexity index is 315. The maximum absolute atomic E-state index is 11.9. The van der Waals surface area contributed by atoms with Gasteiger partial charge < -0.3 is 5.32 Å². The Hall–Kier alpha value is -0.130. The van der Waals surface area contributed by atoms with Gasteiger partial charge in [0.25, 0.3) is 0 Å². The number of nitrogens with zero attached hydrogens (tertiary/aromatic N) is 1. The molecule has 0 aliphatic carbocycles. The fourth-order valence-corrected chi connectivity index (χ4v) is 4.62. The van der Waals surface area contributed by atoms with Gasteiger partial charge in [-0.1, -0.05) is 0 Å². The predicted molar refractivity (Wildman–Crippen MR) is 60.5 cm³/mol. The van der Waals surface area contributed by atoms with Crippen molar-refractivity contribution in [1.29, 1.82) is 0 Å². The van der Waals surface area contributed by atoms with Crippen LogP contribution in [0.1, 0.15) is 26.2 Å². The first-order valence-electron chi connectivity index (χ1n) is 5.78. The van der Waals surface area contributed by atoms with E-state index in [9.17, 15) is 8.42 Å². The molecule has 0 amide bonds. The number of hydrogen-bond acceptors (Lipinski definition) is 4. The van der Waals surface area contributed by atoms with E-state index in [4.69, 9.17) is 0 Å². The van der Waals surface area contributed by atoms with E-state index in [1.54, 1.807) is 0 Å². The number of rotatable bonds is 1. The lowest BCUT2D eigenvalue weighted by molar-refractivity contribution is 0.177. The van der Waals surface area contributed by atoms with E-state index in [-0.39, 0.29) is 5.37 Å². The van der Waals surface area contributed by atoms with E-state index in [0.29, 0.717) is 11.8 Å². The van der Waals surface area contributed by atoms with E-state index >= 15 is 0 Å². The molecule has 2 fully saturated rings. The summed E-state index contributed by atoms with van der Waals surface area (Å²) in [6.45, 7) is 4.76. The van der Waals surface area contributed by atoms with Crippen LogP contribution in [0.25, 0.3) is 0 Å². The standard InChI is InChI=1S/C10H20N2O2S/c1-9-8-12(6-5-11-9)10-4-2-3-7-15(10,13)14/h9-11H,2-8H2,1H3. The van der Waals surface area contributed by atoms with Crippen LogP contribution in [0.2, 0.25) is 0 Å². The molecule has 0 aromatic carbocycles. The molecule has 0 spiro atoms. The molecule has 2 unspecified atom stereocenters. The summed E-state index contributed by atoms with van der Waals surface area (Å²) >= 11 is 0. The monoisotopic (exact) mass is 232 g/mol. The molecule has 2 aliphatic heterocycles. The molecule has 2 aliphatic rings. The fourth-order valence-electron chi connectivity index (χ4n) is 2.57. The van der Waals surface area contributed by atoms with Crippen LogP contribution in [0, 0.1) is 0 Å². The van der Waals surface area contributed by atoms with Crippen molar-refractivity contribution < 1.29 is 8.42 Å². The highest BCUT2D eigenvalue weighted by atomic mass is 32.2. The van der Waals surface area contributed by atoms with Gasteiger partial charge in [0, 0.05) is 25.7 Å². The topological polar surface area (TPSA) is 49.4 Å². The maximum Gasteiger partial charge on any atom is 0.166 e. The Labute approximate surface area is 91.9 Å². The van der Waals surface area contributed by atoms with Crippen LogP contribution in [0.5, 0.6) is 0 Å². The highest BCUT2D eigenvalue weighted by molar-refractivity contribution is 7.92. The smallest absolute Gasteiger partial charge is 0.166 e. The first-order chi connectivity index (χ1) is 7.09. The Morgan fingerprint density at radius 3 is 2.80 bits per heavy atom. The van der Waals surface area contributed by atoms with Crippen LogP contribution in [-0.4, -0.2) is 50.1 Å². The molecule has 0 radical (unpaired) electrons. The summed E-state index contributed by atoms with van der Waals surface area (Å²) in [7, 11) is -2.85. The average molecular weight is 232 g/mol. The average Bonchev–Trinajstić information content (AvgIpc) is 2.17. The normalized spacial score (nSPS) is 37.7. The Morgan fingerprint density at radius 2 is 2.13 bits per heavy atom. The number of piperazine rings is 1. The highest BCUT2D eigenvalue weighted by Crippen LogP contribution is 2.23. The van der Waals surface area contributed by atoms with Crippen molar-refractivity contribution in [3.63, 3.8) is 0 Å². The molecule has 2 rings (SSSR count). The minimum Gasteiger partial charge on any atom is -0.312 e. The Morgan fingerprint density at radius 1 is 1.33 bits per heavy atom. The van der Waals surface area contributed by atoms with E-state index in [1.807, 2.05) is 0 Å². The quantitative estimate of drug-likeness (QED) is 0.702. The molecule has 0 bridgehead atoms. The lowest BCUT2D eigenvalue weighted by atomic mass is 10.2. The van der Waals surface area contributed by atoms with Crippen molar-refractivity contribution in [1.82, 2.24) is 10.2 Å². The van der Waals surface area contributed by atoms with Crippen molar-refractivity contribution in [2.75, 3.05) is 25.4 Å². The molecule has 15 heavy (non-hydrogen) atoms. The van der Waals surface area contributed by atoms with Gasteiger partial charge >= 0.3 is 0 Å². The lowest BCUT2D eigenvalue weighted by Crippen LogP contribution is -2.55. The molecule has 0 saturated carbocycles. The maximum atomic E-state index is 11.9. The SMILES string of the molecule is CC1CN(C2CCCCS2(=O)=O)CCN1. The number of sulfone groups is 1. The number of hydrogen-bond donors (Lipinski definition) is 1. The Balaban J connectivity index is 2.07. The summed E-state index contributed by atoms with van der Waals surface area (Å²) in [6, 6.07) is 0.413. The van der Waals surface area contributed by atoms with Gasteiger partial charge in [-0.3, -0.25) is 4.90 Å². The zero-order valence-corrected chi connectivity index (χ0v) is 10.1. The molecular formula is C10H20N2O2S. The van der Waals surface area contributed by atoms with Gasteiger partial charge in [0.05, 0.1) is 5.75 Å². The van der Waals surface area contributed by atoms with Crippen molar-refractivity contribution in [3.05, 3.63) is 0 Å². The van der Waals surface area contributed by atoms with Gasteiger partial charge in [-0.25, -0.2) is 8.42 Å². The van der Waals surface area contributed by atoms with E-state index in [1.165, 1.54) is 0 Å². The molecule has 2 atom stereocenters. The largest absolute Gasteiger partial charge is 0.312 e. The summed E-state index contributed by atoms with van der Waals surface area (Å²) < 4.78 is 23.9. The van der Waals surface area contributed by atoms with Crippen LogP contribution in [0.3, 0.4) is 0 Å². The highest BCUT2D eigenvalue weighted by Gasteiger charge is 2.35. The van der Waals surface area contributed by atoms with Gasteiger partial charge in [0.1, 0.15) is 5.37 Å². The first kappa shape index (κ1) is 11.4. The van der Waals surface area contributed by atoms with E-state index < -0.39 is 9.84 Å². The predicted octanol–water partition coefficient (Wildman–Crippen LogP) is 0.205. The molecule has 0 aromatic rings. The first-order valence-corrected chi connectivity index (χ1v) is 7.50. The summed E-state index contributed by atoms with van der Waals surface area (Å²) in [5, 5.41) is 3.14. The Kier molecular flexibility index (Phi) is 3.33. The summed E-state index contributed by atoms with van der Waals surface area (Å²) in [4.78, 5) is 2.15. The van der Waals surface area contributed by atoms with Crippen molar-refractivity contribution in [2.24, 2.45) is 0 Å². The molecule has 2 saturated heterocycles.